The number of hydrogen-bond donors (Lipinski definition) is 1. The van der Waals surface area contributed by atoms with E-state index < -0.39 is 4.92 Å². The molecule has 4 nitrogen and oxygen atoms in total. The number of nitro benzene ring substituents is 1. The van der Waals surface area contributed by atoms with Crippen LogP contribution in [0.15, 0.2) is 18.2 Å². The lowest BCUT2D eigenvalue weighted by Crippen LogP contribution is -1.90. The average Bonchev–Trinajstić information content (AvgIpc) is 1.88. The predicted molar refractivity (Wildman–Crippen MR) is 36.3 cm³/mol. The maximum absolute atomic E-state index is 10.1. The van der Waals surface area contributed by atoms with Crippen molar-refractivity contribution >= 4 is 11.4 Å². The van der Waals surface area contributed by atoms with E-state index in [4.69, 9.17) is 5.73 Å². The maximum atomic E-state index is 10.1. The summed E-state index contributed by atoms with van der Waals surface area (Å²) < 4.78 is 0. The van der Waals surface area contributed by atoms with E-state index in [9.17, 15) is 10.1 Å². The smallest absolute Gasteiger partial charge is 0.279 e. The Morgan fingerprint density at radius 3 is 2.80 bits per heavy atom. The molecule has 1 rings (SSSR count). The van der Waals surface area contributed by atoms with E-state index in [1.807, 2.05) is 0 Å². The van der Waals surface area contributed by atoms with Gasteiger partial charge in [-0.3, -0.25) is 10.1 Å². The molecule has 0 heterocycles. The van der Waals surface area contributed by atoms with Crippen LogP contribution in [0.25, 0.3) is 0 Å². The Bertz CT molecular complexity index is 260. The lowest BCUT2D eigenvalue weighted by Gasteiger charge is -1.90. The van der Waals surface area contributed by atoms with E-state index >= 15 is 0 Å². The van der Waals surface area contributed by atoms with Gasteiger partial charge in [0.05, 0.1) is 11.0 Å². The summed E-state index contributed by atoms with van der Waals surface area (Å²) in [5, 5.41) is 10.1. The van der Waals surface area contributed by atoms with Crippen molar-refractivity contribution in [2.45, 2.75) is 0 Å². The van der Waals surface area contributed by atoms with Crippen molar-refractivity contribution in [3.8, 4) is 0 Å². The number of nitro groups is 1. The molecule has 0 aliphatic rings. The first-order valence-corrected chi connectivity index (χ1v) is 2.62. The third kappa shape index (κ3) is 1.22. The number of benzene rings is 1. The summed E-state index contributed by atoms with van der Waals surface area (Å²) >= 11 is 0. The first kappa shape index (κ1) is 6.54. The minimum Gasteiger partial charge on any atom is -0.399 e. The van der Waals surface area contributed by atoms with Gasteiger partial charge >= 0.3 is 0 Å². The first-order chi connectivity index (χ1) is 4.70. The molecule has 0 aromatic heterocycles. The molecule has 2 N–H and O–H groups in total. The van der Waals surface area contributed by atoms with E-state index in [1.165, 1.54) is 12.1 Å². The Labute approximate surface area is 57.4 Å². The van der Waals surface area contributed by atoms with Crippen molar-refractivity contribution in [2.24, 2.45) is 0 Å². The lowest BCUT2D eigenvalue weighted by atomic mass is 10.3. The molecule has 0 unspecified atom stereocenters. The second kappa shape index (κ2) is 2.34. The molecule has 0 saturated heterocycles. The quantitative estimate of drug-likeness (QED) is 0.356. The summed E-state index contributed by atoms with van der Waals surface area (Å²) in [7, 11) is 0. The fourth-order valence-electron chi connectivity index (χ4n) is 0.576. The van der Waals surface area contributed by atoms with Gasteiger partial charge in [0.2, 0.25) is 0 Å². The van der Waals surface area contributed by atoms with Crippen molar-refractivity contribution in [1.82, 2.24) is 0 Å². The van der Waals surface area contributed by atoms with Crippen LogP contribution in [0.4, 0.5) is 11.4 Å². The van der Waals surface area contributed by atoms with E-state index in [0.717, 1.165) is 0 Å². The third-order valence-corrected chi connectivity index (χ3v) is 1.01. The van der Waals surface area contributed by atoms with Gasteiger partial charge < -0.3 is 5.73 Å². The number of nitrogens with two attached hydrogens (primary N) is 1. The lowest BCUT2D eigenvalue weighted by molar-refractivity contribution is -0.385. The Morgan fingerprint density at radius 1 is 1.70 bits per heavy atom. The molecule has 0 amide bonds. The second-order valence-electron chi connectivity index (χ2n) is 1.76. The van der Waals surface area contributed by atoms with Crippen LogP contribution in [0.2, 0.25) is 0 Å². The number of nitrogens with zero attached hydrogens (tertiary/aromatic N) is 1. The van der Waals surface area contributed by atoms with E-state index in [-0.39, 0.29) is 5.69 Å². The SMILES string of the molecule is Nc1cc[c]c([N+](=O)[O-])c1. The molecular formula is C6H5N2O2. The van der Waals surface area contributed by atoms with Gasteiger partial charge in [0.25, 0.3) is 5.69 Å². The van der Waals surface area contributed by atoms with Gasteiger partial charge in [-0.2, -0.15) is 0 Å². The summed E-state index contributed by atoms with van der Waals surface area (Å²) in [5.74, 6) is 0. The number of rotatable bonds is 1. The standard InChI is InChI=1S/C6H5N2O2/c7-5-2-1-3-6(4-5)8(9)10/h1-2,4H,7H2. The zero-order valence-electron chi connectivity index (χ0n) is 5.07. The molecule has 0 fully saturated rings. The van der Waals surface area contributed by atoms with Crippen LogP contribution < -0.4 is 5.73 Å². The first-order valence-electron chi connectivity index (χ1n) is 2.62. The largest absolute Gasteiger partial charge is 0.399 e. The van der Waals surface area contributed by atoms with Crippen molar-refractivity contribution in [2.75, 3.05) is 5.73 Å². The average molecular weight is 137 g/mol. The van der Waals surface area contributed by atoms with Crippen LogP contribution >= 0.6 is 0 Å². The highest BCUT2D eigenvalue weighted by atomic mass is 16.6. The fourth-order valence-corrected chi connectivity index (χ4v) is 0.576. The molecule has 0 bridgehead atoms. The highest BCUT2D eigenvalue weighted by Gasteiger charge is 2.02. The van der Waals surface area contributed by atoms with Gasteiger partial charge in [0.1, 0.15) is 0 Å². The zero-order valence-corrected chi connectivity index (χ0v) is 5.07. The zero-order chi connectivity index (χ0) is 7.56. The number of non-ortho nitro benzene ring substituents is 1. The highest BCUT2D eigenvalue weighted by molar-refractivity contribution is 5.46. The summed E-state index contributed by atoms with van der Waals surface area (Å²) in [4.78, 5) is 9.54. The molecular weight excluding hydrogens is 132 g/mol. The van der Waals surface area contributed by atoms with Gasteiger partial charge in [-0.25, -0.2) is 0 Å². The molecule has 0 aliphatic carbocycles. The van der Waals surface area contributed by atoms with Crippen LogP contribution in [0, 0.1) is 16.2 Å². The third-order valence-electron chi connectivity index (χ3n) is 1.01. The van der Waals surface area contributed by atoms with Crippen LogP contribution in [-0.2, 0) is 0 Å². The van der Waals surface area contributed by atoms with E-state index in [0.29, 0.717) is 5.69 Å². The fraction of sp³-hybridized carbons (Fsp3) is 0. The monoisotopic (exact) mass is 137 g/mol. The molecule has 1 aromatic carbocycles. The normalized spacial score (nSPS) is 9.20. The van der Waals surface area contributed by atoms with Crippen molar-refractivity contribution in [3.63, 3.8) is 0 Å². The topological polar surface area (TPSA) is 69.2 Å². The van der Waals surface area contributed by atoms with Crippen LogP contribution in [0.1, 0.15) is 0 Å². The van der Waals surface area contributed by atoms with Crippen molar-refractivity contribution in [3.05, 3.63) is 34.4 Å². The highest BCUT2D eigenvalue weighted by Crippen LogP contribution is 2.12. The molecule has 4 heteroatoms. The summed E-state index contributed by atoms with van der Waals surface area (Å²) in [6.45, 7) is 0. The number of nitrogen functional groups attached to an aromatic ring is 1. The second-order valence-corrected chi connectivity index (χ2v) is 1.76. The van der Waals surface area contributed by atoms with Gasteiger partial charge in [0.15, 0.2) is 0 Å². The van der Waals surface area contributed by atoms with Crippen LogP contribution in [0.5, 0.6) is 0 Å². The van der Waals surface area contributed by atoms with Gasteiger partial charge in [-0.15, -0.1) is 0 Å². The molecule has 10 heavy (non-hydrogen) atoms. The predicted octanol–water partition coefficient (Wildman–Crippen LogP) is 0.977. The summed E-state index contributed by atoms with van der Waals surface area (Å²) in [6.07, 6.45) is 0. The summed E-state index contributed by atoms with van der Waals surface area (Å²) in [5.41, 5.74) is 5.55. The molecule has 1 radical (unpaired) electrons. The van der Waals surface area contributed by atoms with Crippen molar-refractivity contribution < 1.29 is 4.92 Å². The Morgan fingerprint density at radius 2 is 2.40 bits per heavy atom. The Kier molecular flexibility index (Phi) is 1.53. The maximum Gasteiger partial charge on any atom is 0.279 e. The number of hydrogen-bond acceptors (Lipinski definition) is 3. The summed E-state index contributed by atoms with van der Waals surface area (Å²) in [6, 6.07) is 6.67. The number of anilines is 1. The molecule has 0 atom stereocenters. The minimum absolute atomic E-state index is 0.0972. The Hall–Kier alpha value is -1.58. The molecule has 0 saturated carbocycles. The van der Waals surface area contributed by atoms with Gasteiger partial charge in [-0.05, 0) is 12.1 Å². The van der Waals surface area contributed by atoms with Crippen molar-refractivity contribution in [1.29, 1.82) is 0 Å². The van der Waals surface area contributed by atoms with Crippen LogP contribution in [-0.4, -0.2) is 4.92 Å². The Balaban J connectivity index is 3.07. The minimum atomic E-state index is -0.531. The molecule has 0 aliphatic heterocycles. The van der Waals surface area contributed by atoms with Crippen LogP contribution in [0.3, 0.4) is 0 Å². The molecule has 0 spiro atoms. The van der Waals surface area contributed by atoms with Gasteiger partial charge in [-0.1, -0.05) is 0 Å². The van der Waals surface area contributed by atoms with Gasteiger partial charge in [0, 0.05) is 11.8 Å². The van der Waals surface area contributed by atoms with E-state index in [1.54, 1.807) is 6.07 Å². The molecule has 1 aromatic rings. The van der Waals surface area contributed by atoms with E-state index in [2.05, 4.69) is 6.07 Å². The molecule has 51 valence electrons.